The third kappa shape index (κ3) is 2.52. The molecule has 2 rings (SSSR count). The van der Waals surface area contributed by atoms with E-state index in [-0.39, 0.29) is 5.91 Å². The standard InChI is InChI=1S/C13H11N3O/c1-16-7-6-11(9-16)13(17)15-12-4-2-10(8-14)3-5-12/h2-7,9H,1H3,(H,15,17). The Kier molecular flexibility index (Phi) is 2.93. The smallest absolute Gasteiger partial charge is 0.257 e. The van der Waals surface area contributed by atoms with Crippen LogP contribution in [-0.2, 0) is 7.05 Å². The average Bonchev–Trinajstić information content (AvgIpc) is 2.77. The zero-order chi connectivity index (χ0) is 12.3. The number of amides is 1. The highest BCUT2D eigenvalue weighted by Gasteiger charge is 2.06. The molecule has 84 valence electrons. The summed E-state index contributed by atoms with van der Waals surface area (Å²) in [4.78, 5) is 11.8. The van der Waals surface area contributed by atoms with Crippen LogP contribution in [0.15, 0.2) is 42.7 Å². The Balaban J connectivity index is 2.11. The number of aromatic nitrogens is 1. The van der Waals surface area contributed by atoms with Crippen molar-refractivity contribution in [3.05, 3.63) is 53.9 Å². The van der Waals surface area contributed by atoms with E-state index in [4.69, 9.17) is 5.26 Å². The maximum Gasteiger partial charge on any atom is 0.257 e. The summed E-state index contributed by atoms with van der Waals surface area (Å²) in [5, 5.41) is 11.4. The van der Waals surface area contributed by atoms with Gasteiger partial charge in [0.1, 0.15) is 0 Å². The molecule has 0 spiro atoms. The number of nitrogens with one attached hydrogen (secondary N) is 1. The summed E-state index contributed by atoms with van der Waals surface area (Å²) in [6.07, 6.45) is 3.56. The molecule has 4 nitrogen and oxygen atoms in total. The number of carbonyl (C=O) groups excluding carboxylic acids is 1. The summed E-state index contributed by atoms with van der Waals surface area (Å²) in [6, 6.07) is 10.5. The van der Waals surface area contributed by atoms with E-state index in [0.29, 0.717) is 16.8 Å². The monoisotopic (exact) mass is 225 g/mol. The van der Waals surface area contributed by atoms with Gasteiger partial charge in [0.2, 0.25) is 0 Å². The molecular weight excluding hydrogens is 214 g/mol. The summed E-state index contributed by atoms with van der Waals surface area (Å²) in [6.45, 7) is 0. The van der Waals surface area contributed by atoms with Crippen molar-refractivity contribution < 1.29 is 4.79 Å². The Hall–Kier alpha value is -2.54. The van der Waals surface area contributed by atoms with Gasteiger partial charge in [0.25, 0.3) is 5.91 Å². The lowest BCUT2D eigenvalue weighted by atomic mass is 10.2. The van der Waals surface area contributed by atoms with Crippen LogP contribution in [0.3, 0.4) is 0 Å². The quantitative estimate of drug-likeness (QED) is 0.851. The molecule has 0 radical (unpaired) electrons. The van der Waals surface area contributed by atoms with Crippen molar-refractivity contribution in [1.29, 1.82) is 5.26 Å². The second kappa shape index (κ2) is 4.54. The van der Waals surface area contributed by atoms with E-state index in [2.05, 4.69) is 5.32 Å². The second-order valence-corrected chi connectivity index (χ2v) is 3.71. The van der Waals surface area contributed by atoms with E-state index in [1.54, 1.807) is 36.5 Å². The molecule has 17 heavy (non-hydrogen) atoms. The van der Waals surface area contributed by atoms with Gasteiger partial charge in [-0.2, -0.15) is 5.26 Å². The van der Waals surface area contributed by atoms with Crippen LogP contribution in [0.4, 0.5) is 5.69 Å². The highest BCUT2D eigenvalue weighted by molar-refractivity contribution is 6.04. The molecule has 1 amide bonds. The van der Waals surface area contributed by atoms with Crippen molar-refractivity contribution in [2.75, 3.05) is 5.32 Å². The summed E-state index contributed by atoms with van der Waals surface area (Å²) < 4.78 is 1.81. The van der Waals surface area contributed by atoms with Crippen LogP contribution in [0.1, 0.15) is 15.9 Å². The Morgan fingerprint density at radius 3 is 2.53 bits per heavy atom. The van der Waals surface area contributed by atoms with Crippen LogP contribution >= 0.6 is 0 Å². The molecule has 1 aromatic carbocycles. The molecule has 1 aromatic heterocycles. The second-order valence-electron chi connectivity index (χ2n) is 3.71. The van der Waals surface area contributed by atoms with Crippen molar-refractivity contribution in [1.82, 2.24) is 4.57 Å². The normalized spacial score (nSPS) is 9.65. The molecule has 0 aliphatic carbocycles. The summed E-state index contributed by atoms with van der Waals surface area (Å²) >= 11 is 0. The molecule has 2 aromatic rings. The van der Waals surface area contributed by atoms with Crippen LogP contribution in [0.25, 0.3) is 0 Å². The predicted molar refractivity (Wildman–Crippen MR) is 64.5 cm³/mol. The molecule has 0 aliphatic heterocycles. The van der Waals surface area contributed by atoms with Crippen molar-refractivity contribution >= 4 is 11.6 Å². The molecule has 0 saturated carbocycles. The number of carbonyl (C=O) groups is 1. The van der Waals surface area contributed by atoms with Gasteiger partial charge in [-0.25, -0.2) is 0 Å². The number of hydrogen-bond acceptors (Lipinski definition) is 2. The first-order valence-corrected chi connectivity index (χ1v) is 5.12. The fourth-order valence-electron chi connectivity index (χ4n) is 1.47. The van der Waals surface area contributed by atoms with Gasteiger partial charge in [-0.05, 0) is 30.3 Å². The Morgan fingerprint density at radius 1 is 1.29 bits per heavy atom. The number of benzene rings is 1. The first kappa shape index (κ1) is 11.0. The van der Waals surface area contributed by atoms with Crippen molar-refractivity contribution in [2.24, 2.45) is 7.05 Å². The molecule has 0 aliphatic rings. The highest BCUT2D eigenvalue weighted by Crippen LogP contribution is 2.10. The SMILES string of the molecule is Cn1ccc(C(=O)Nc2ccc(C#N)cc2)c1. The Morgan fingerprint density at radius 2 is 2.00 bits per heavy atom. The highest BCUT2D eigenvalue weighted by atomic mass is 16.1. The minimum absolute atomic E-state index is 0.157. The summed E-state index contributed by atoms with van der Waals surface area (Å²) in [7, 11) is 1.86. The average molecular weight is 225 g/mol. The van der Waals surface area contributed by atoms with Gasteiger partial charge in [-0.15, -0.1) is 0 Å². The van der Waals surface area contributed by atoms with E-state index in [0.717, 1.165) is 0 Å². The van der Waals surface area contributed by atoms with Crippen LogP contribution in [-0.4, -0.2) is 10.5 Å². The maximum absolute atomic E-state index is 11.8. The fraction of sp³-hybridized carbons (Fsp3) is 0.0769. The van der Waals surface area contributed by atoms with E-state index in [1.165, 1.54) is 0 Å². The van der Waals surface area contributed by atoms with Crippen LogP contribution in [0, 0.1) is 11.3 Å². The predicted octanol–water partition coefficient (Wildman–Crippen LogP) is 2.15. The molecule has 0 fully saturated rings. The van der Waals surface area contributed by atoms with Gasteiger partial charge in [0, 0.05) is 25.1 Å². The summed E-state index contributed by atoms with van der Waals surface area (Å²) in [5.41, 5.74) is 1.86. The van der Waals surface area contributed by atoms with E-state index in [1.807, 2.05) is 23.9 Å². The van der Waals surface area contributed by atoms with Crippen molar-refractivity contribution in [2.45, 2.75) is 0 Å². The van der Waals surface area contributed by atoms with Gasteiger partial charge in [0.05, 0.1) is 17.2 Å². The van der Waals surface area contributed by atoms with Gasteiger partial charge in [-0.1, -0.05) is 0 Å². The lowest BCUT2D eigenvalue weighted by Crippen LogP contribution is -2.10. The number of anilines is 1. The molecule has 0 unspecified atom stereocenters. The Labute approximate surface area is 99.1 Å². The maximum atomic E-state index is 11.8. The van der Waals surface area contributed by atoms with Crippen LogP contribution < -0.4 is 5.32 Å². The molecule has 0 atom stereocenters. The lowest BCUT2D eigenvalue weighted by Gasteiger charge is -2.03. The lowest BCUT2D eigenvalue weighted by molar-refractivity contribution is 0.102. The number of nitrogens with zero attached hydrogens (tertiary/aromatic N) is 2. The van der Waals surface area contributed by atoms with Crippen LogP contribution in [0.5, 0.6) is 0 Å². The molecule has 4 heteroatoms. The van der Waals surface area contributed by atoms with Gasteiger partial charge in [0.15, 0.2) is 0 Å². The van der Waals surface area contributed by atoms with Gasteiger partial charge >= 0.3 is 0 Å². The van der Waals surface area contributed by atoms with E-state index in [9.17, 15) is 4.79 Å². The molecule has 0 bridgehead atoms. The van der Waals surface area contributed by atoms with Crippen LogP contribution in [0.2, 0.25) is 0 Å². The minimum atomic E-state index is -0.157. The largest absolute Gasteiger partial charge is 0.356 e. The first-order valence-electron chi connectivity index (χ1n) is 5.12. The van der Waals surface area contributed by atoms with Crippen molar-refractivity contribution in [3.8, 4) is 6.07 Å². The third-order valence-electron chi connectivity index (χ3n) is 2.37. The summed E-state index contributed by atoms with van der Waals surface area (Å²) in [5.74, 6) is -0.157. The minimum Gasteiger partial charge on any atom is -0.356 e. The Bertz CT molecular complexity index is 575. The zero-order valence-electron chi connectivity index (χ0n) is 9.34. The van der Waals surface area contributed by atoms with E-state index < -0.39 is 0 Å². The molecule has 0 saturated heterocycles. The number of aryl methyl sites for hydroxylation is 1. The molecule has 1 N–H and O–H groups in total. The zero-order valence-corrected chi connectivity index (χ0v) is 9.34. The molecular formula is C13H11N3O. The third-order valence-corrected chi connectivity index (χ3v) is 2.37. The van der Waals surface area contributed by atoms with Crippen molar-refractivity contribution in [3.63, 3.8) is 0 Å². The topological polar surface area (TPSA) is 57.8 Å². The molecule has 1 heterocycles. The van der Waals surface area contributed by atoms with Gasteiger partial charge < -0.3 is 9.88 Å². The number of nitriles is 1. The number of hydrogen-bond donors (Lipinski definition) is 1. The fourth-order valence-corrected chi connectivity index (χ4v) is 1.47. The van der Waals surface area contributed by atoms with Gasteiger partial charge in [-0.3, -0.25) is 4.79 Å². The number of rotatable bonds is 2. The first-order chi connectivity index (χ1) is 8.19. The van der Waals surface area contributed by atoms with E-state index >= 15 is 0 Å².